The molecule has 2 N–H and O–H groups in total. The zero-order valence-electron chi connectivity index (χ0n) is 13.6. The monoisotopic (exact) mass is 392 g/mol. The van der Waals surface area contributed by atoms with Crippen molar-refractivity contribution >= 4 is 34.8 Å². The molecule has 138 valence electrons. The van der Waals surface area contributed by atoms with Gasteiger partial charge in [0.2, 0.25) is 5.95 Å². The van der Waals surface area contributed by atoms with Gasteiger partial charge in [0.1, 0.15) is 0 Å². The van der Waals surface area contributed by atoms with Crippen molar-refractivity contribution < 1.29 is 18.0 Å². The van der Waals surface area contributed by atoms with Gasteiger partial charge in [0.05, 0.1) is 21.8 Å². The standard InChI is InChI=1S/C18H12ClF3N4O/c19-14-3-1-2-4-15(14)26-16(27)11-9-23-17(24-10-11)25-13-7-5-12(6-8-13)18(20,21)22/h1-10H,(H,26,27)(H,23,24,25). The minimum atomic E-state index is -4.40. The molecular weight excluding hydrogens is 381 g/mol. The third kappa shape index (κ3) is 4.73. The van der Waals surface area contributed by atoms with Crippen LogP contribution in [0.3, 0.4) is 0 Å². The van der Waals surface area contributed by atoms with Crippen LogP contribution in [0.5, 0.6) is 0 Å². The molecule has 2 aromatic carbocycles. The number of alkyl halides is 3. The number of nitrogens with one attached hydrogen (secondary N) is 2. The van der Waals surface area contributed by atoms with Gasteiger partial charge in [-0.05, 0) is 36.4 Å². The minimum absolute atomic E-state index is 0.143. The lowest BCUT2D eigenvalue weighted by molar-refractivity contribution is -0.137. The lowest BCUT2D eigenvalue weighted by atomic mass is 10.2. The van der Waals surface area contributed by atoms with Crippen LogP contribution in [0.25, 0.3) is 0 Å². The summed E-state index contributed by atoms with van der Waals surface area (Å²) < 4.78 is 37.7. The maximum atomic E-state index is 12.6. The molecule has 0 unspecified atom stereocenters. The lowest BCUT2D eigenvalue weighted by Gasteiger charge is -2.09. The number of amides is 1. The number of halogens is 4. The molecule has 0 fully saturated rings. The number of nitrogens with zero attached hydrogens (tertiary/aromatic N) is 2. The number of para-hydroxylation sites is 1. The van der Waals surface area contributed by atoms with Gasteiger partial charge in [0.15, 0.2) is 0 Å². The van der Waals surface area contributed by atoms with E-state index in [1.165, 1.54) is 24.5 Å². The first-order chi connectivity index (χ1) is 12.8. The van der Waals surface area contributed by atoms with Crippen LogP contribution in [-0.2, 0) is 6.18 Å². The topological polar surface area (TPSA) is 66.9 Å². The van der Waals surface area contributed by atoms with Crippen LogP contribution >= 0.6 is 11.6 Å². The van der Waals surface area contributed by atoms with Gasteiger partial charge in [-0.3, -0.25) is 4.79 Å². The number of carbonyl (C=O) groups is 1. The molecule has 3 rings (SSSR count). The molecule has 0 saturated heterocycles. The molecule has 5 nitrogen and oxygen atoms in total. The average Bonchev–Trinajstić information content (AvgIpc) is 2.64. The zero-order chi connectivity index (χ0) is 19.4. The molecule has 0 aliphatic heterocycles. The molecule has 9 heteroatoms. The summed E-state index contributed by atoms with van der Waals surface area (Å²) in [7, 11) is 0. The number of hydrogen-bond donors (Lipinski definition) is 2. The normalized spacial score (nSPS) is 11.1. The van der Waals surface area contributed by atoms with E-state index in [0.717, 1.165) is 12.1 Å². The van der Waals surface area contributed by atoms with E-state index in [0.29, 0.717) is 16.4 Å². The first-order valence-corrected chi connectivity index (χ1v) is 8.03. The summed E-state index contributed by atoms with van der Waals surface area (Å²) in [6.07, 6.45) is -1.80. The highest BCUT2D eigenvalue weighted by atomic mass is 35.5. The van der Waals surface area contributed by atoms with Gasteiger partial charge < -0.3 is 10.6 Å². The Morgan fingerprint density at radius 1 is 0.963 bits per heavy atom. The van der Waals surface area contributed by atoms with Crippen LogP contribution in [-0.4, -0.2) is 15.9 Å². The summed E-state index contributed by atoms with van der Waals surface area (Å²) in [6, 6.07) is 11.2. The van der Waals surface area contributed by atoms with Crippen molar-refractivity contribution in [3.05, 3.63) is 77.1 Å². The Morgan fingerprint density at radius 3 is 2.19 bits per heavy atom. The quantitative estimate of drug-likeness (QED) is 0.644. The van der Waals surface area contributed by atoms with Crippen LogP contribution in [0.4, 0.5) is 30.5 Å². The molecule has 0 saturated carbocycles. The van der Waals surface area contributed by atoms with Crippen LogP contribution < -0.4 is 10.6 Å². The van der Waals surface area contributed by atoms with E-state index in [2.05, 4.69) is 20.6 Å². The second kappa shape index (κ2) is 7.63. The third-order valence-electron chi connectivity index (χ3n) is 3.50. The first kappa shape index (κ1) is 18.7. The Hall–Kier alpha value is -3.13. The smallest absolute Gasteiger partial charge is 0.324 e. The van der Waals surface area contributed by atoms with Gasteiger partial charge in [0, 0.05) is 18.1 Å². The number of benzene rings is 2. The van der Waals surface area contributed by atoms with E-state index in [4.69, 9.17) is 11.6 Å². The van der Waals surface area contributed by atoms with E-state index in [9.17, 15) is 18.0 Å². The Balaban J connectivity index is 1.66. The van der Waals surface area contributed by atoms with Gasteiger partial charge in [-0.2, -0.15) is 13.2 Å². The van der Waals surface area contributed by atoms with E-state index in [1.54, 1.807) is 24.3 Å². The molecule has 1 amide bonds. The summed E-state index contributed by atoms with van der Waals surface area (Å²) in [5.74, 6) is -0.298. The third-order valence-corrected chi connectivity index (χ3v) is 3.83. The molecule has 1 heterocycles. The number of carbonyl (C=O) groups excluding carboxylic acids is 1. The van der Waals surface area contributed by atoms with Crippen molar-refractivity contribution in [3.63, 3.8) is 0 Å². The molecule has 0 spiro atoms. The summed E-state index contributed by atoms with van der Waals surface area (Å²) in [4.78, 5) is 20.2. The molecule has 1 aromatic heterocycles. The van der Waals surface area contributed by atoms with E-state index in [1.807, 2.05) is 0 Å². The molecule has 0 bridgehead atoms. The maximum Gasteiger partial charge on any atom is 0.416 e. The highest BCUT2D eigenvalue weighted by Gasteiger charge is 2.29. The van der Waals surface area contributed by atoms with Gasteiger partial charge >= 0.3 is 6.18 Å². The zero-order valence-corrected chi connectivity index (χ0v) is 14.3. The van der Waals surface area contributed by atoms with Crippen LogP contribution in [0.15, 0.2) is 60.9 Å². The second-order valence-corrected chi connectivity index (χ2v) is 5.84. The fourth-order valence-electron chi connectivity index (χ4n) is 2.14. The van der Waals surface area contributed by atoms with Gasteiger partial charge in [0.25, 0.3) is 5.91 Å². The molecule has 0 radical (unpaired) electrons. The van der Waals surface area contributed by atoms with E-state index in [-0.39, 0.29) is 11.5 Å². The van der Waals surface area contributed by atoms with Crippen LogP contribution in [0, 0.1) is 0 Å². The highest BCUT2D eigenvalue weighted by molar-refractivity contribution is 6.33. The molecule has 0 aliphatic carbocycles. The minimum Gasteiger partial charge on any atom is -0.324 e. The molecule has 0 aliphatic rings. The van der Waals surface area contributed by atoms with Gasteiger partial charge in [-0.1, -0.05) is 23.7 Å². The molecule has 0 atom stereocenters. The predicted molar refractivity (Wildman–Crippen MR) is 96.2 cm³/mol. The summed E-state index contributed by atoms with van der Waals surface area (Å²) >= 11 is 5.98. The SMILES string of the molecule is O=C(Nc1ccccc1Cl)c1cnc(Nc2ccc(C(F)(F)F)cc2)nc1. The molecule has 3 aromatic rings. The molecular formula is C18H12ClF3N4O. The Bertz CT molecular complexity index is 944. The predicted octanol–water partition coefficient (Wildman–Crippen LogP) is 5.14. The van der Waals surface area contributed by atoms with Crippen molar-refractivity contribution in [1.82, 2.24) is 9.97 Å². The number of rotatable bonds is 4. The van der Waals surface area contributed by atoms with Crippen LogP contribution in [0.1, 0.15) is 15.9 Å². The summed E-state index contributed by atoms with van der Waals surface area (Å²) in [6.45, 7) is 0. The first-order valence-electron chi connectivity index (χ1n) is 7.65. The fourth-order valence-corrected chi connectivity index (χ4v) is 2.32. The number of anilines is 3. The lowest BCUT2D eigenvalue weighted by Crippen LogP contribution is -2.13. The Kier molecular flexibility index (Phi) is 5.27. The van der Waals surface area contributed by atoms with E-state index < -0.39 is 17.6 Å². The summed E-state index contributed by atoms with van der Waals surface area (Å²) in [5.41, 5.74) is 0.292. The van der Waals surface area contributed by atoms with Crippen molar-refractivity contribution in [2.75, 3.05) is 10.6 Å². The highest BCUT2D eigenvalue weighted by Crippen LogP contribution is 2.30. The number of aromatic nitrogens is 2. The second-order valence-electron chi connectivity index (χ2n) is 5.43. The van der Waals surface area contributed by atoms with E-state index >= 15 is 0 Å². The van der Waals surface area contributed by atoms with Gasteiger partial charge in [-0.15, -0.1) is 0 Å². The Labute approximate surface area is 157 Å². The average molecular weight is 393 g/mol. The van der Waals surface area contributed by atoms with Crippen LogP contribution in [0.2, 0.25) is 5.02 Å². The van der Waals surface area contributed by atoms with Crippen molar-refractivity contribution in [2.24, 2.45) is 0 Å². The largest absolute Gasteiger partial charge is 0.416 e. The van der Waals surface area contributed by atoms with Crippen molar-refractivity contribution in [2.45, 2.75) is 6.18 Å². The fraction of sp³-hybridized carbons (Fsp3) is 0.0556. The number of hydrogen-bond acceptors (Lipinski definition) is 4. The maximum absolute atomic E-state index is 12.6. The van der Waals surface area contributed by atoms with Crippen molar-refractivity contribution in [1.29, 1.82) is 0 Å². The molecule has 27 heavy (non-hydrogen) atoms. The van der Waals surface area contributed by atoms with Crippen molar-refractivity contribution in [3.8, 4) is 0 Å². The van der Waals surface area contributed by atoms with Gasteiger partial charge in [-0.25, -0.2) is 9.97 Å². The summed E-state index contributed by atoms with van der Waals surface area (Å²) in [5, 5.41) is 5.80. The Morgan fingerprint density at radius 2 is 1.59 bits per heavy atom.